The number of nitrogens with zero attached hydrogens (tertiary/aromatic N) is 1. The lowest BCUT2D eigenvalue weighted by Gasteiger charge is -2.15. The Kier molecular flexibility index (Phi) is 5.60. The summed E-state index contributed by atoms with van der Waals surface area (Å²) in [5.41, 5.74) is 1.55. The molecular formula is C19H18FN3O3. The molecule has 0 aliphatic rings. The van der Waals surface area contributed by atoms with Crippen molar-refractivity contribution in [1.82, 2.24) is 15.5 Å². The first kappa shape index (κ1) is 17.6. The third kappa shape index (κ3) is 4.46. The topological polar surface area (TPSA) is 87.2 Å². The highest BCUT2D eigenvalue weighted by molar-refractivity contribution is 5.92. The number of benzene rings is 2. The molecule has 0 bridgehead atoms. The van der Waals surface area contributed by atoms with E-state index in [4.69, 9.17) is 4.74 Å². The molecule has 0 aliphatic heterocycles. The number of carbonyl (C=O) groups excluding carboxylic acids is 1. The van der Waals surface area contributed by atoms with Crippen LogP contribution in [-0.4, -0.2) is 27.8 Å². The fourth-order valence-corrected chi connectivity index (χ4v) is 2.42. The SMILES string of the molecule is O=C(N[C@H](CO)c1ccccc1)c1cc(COc2cccc(F)c2)[nH]n1. The molecule has 0 unspecified atom stereocenters. The van der Waals surface area contributed by atoms with Gasteiger partial charge in [-0.25, -0.2) is 4.39 Å². The average molecular weight is 355 g/mol. The molecular weight excluding hydrogens is 337 g/mol. The van der Waals surface area contributed by atoms with Gasteiger partial charge in [-0.1, -0.05) is 36.4 Å². The summed E-state index contributed by atoms with van der Waals surface area (Å²) in [7, 11) is 0. The lowest BCUT2D eigenvalue weighted by atomic mass is 10.1. The lowest BCUT2D eigenvalue weighted by molar-refractivity contribution is 0.0911. The predicted octanol–water partition coefficient (Wildman–Crippen LogP) is 2.59. The number of aliphatic hydroxyl groups excluding tert-OH is 1. The monoisotopic (exact) mass is 355 g/mol. The predicted molar refractivity (Wildman–Crippen MR) is 93.1 cm³/mol. The number of ether oxygens (including phenoxy) is 1. The van der Waals surface area contributed by atoms with Gasteiger partial charge in [0.05, 0.1) is 18.3 Å². The summed E-state index contributed by atoms with van der Waals surface area (Å²) in [5, 5.41) is 18.9. The summed E-state index contributed by atoms with van der Waals surface area (Å²) in [6.45, 7) is -0.110. The van der Waals surface area contributed by atoms with Gasteiger partial charge in [0.25, 0.3) is 5.91 Å². The number of H-pyrrole nitrogens is 1. The van der Waals surface area contributed by atoms with Crippen LogP contribution in [0, 0.1) is 5.82 Å². The van der Waals surface area contributed by atoms with Gasteiger partial charge in [0.15, 0.2) is 0 Å². The maximum atomic E-state index is 13.1. The normalized spacial score (nSPS) is 11.8. The van der Waals surface area contributed by atoms with E-state index in [1.165, 1.54) is 12.1 Å². The van der Waals surface area contributed by atoms with E-state index in [0.717, 1.165) is 5.56 Å². The second-order valence-electron chi connectivity index (χ2n) is 5.64. The zero-order valence-electron chi connectivity index (χ0n) is 13.9. The fourth-order valence-electron chi connectivity index (χ4n) is 2.42. The first-order valence-electron chi connectivity index (χ1n) is 8.05. The maximum Gasteiger partial charge on any atom is 0.272 e. The van der Waals surface area contributed by atoms with E-state index in [1.807, 2.05) is 30.3 Å². The molecule has 0 spiro atoms. The van der Waals surface area contributed by atoms with E-state index in [0.29, 0.717) is 11.4 Å². The Hall–Kier alpha value is -3.19. The Morgan fingerprint density at radius 2 is 2.00 bits per heavy atom. The van der Waals surface area contributed by atoms with Crippen molar-refractivity contribution >= 4 is 5.91 Å². The second-order valence-corrected chi connectivity index (χ2v) is 5.64. The van der Waals surface area contributed by atoms with Gasteiger partial charge in [-0.2, -0.15) is 5.10 Å². The average Bonchev–Trinajstić information content (AvgIpc) is 3.14. The standard InChI is InChI=1S/C19H18FN3O3/c20-14-7-4-8-16(9-14)26-12-15-10-17(23-22-15)19(25)21-18(11-24)13-5-2-1-3-6-13/h1-10,18,24H,11-12H2,(H,21,25)(H,22,23)/t18-/m1/s1. The molecule has 1 heterocycles. The zero-order chi connectivity index (χ0) is 18.4. The minimum Gasteiger partial charge on any atom is -0.487 e. The van der Waals surface area contributed by atoms with Crippen LogP contribution in [-0.2, 0) is 6.61 Å². The van der Waals surface area contributed by atoms with Gasteiger partial charge < -0.3 is 15.2 Å². The molecule has 3 aromatic rings. The molecule has 0 fully saturated rings. The Morgan fingerprint density at radius 3 is 2.73 bits per heavy atom. The van der Waals surface area contributed by atoms with Gasteiger partial charge in [0.1, 0.15) is 23.9 Å². The van der Waals surface area contributed by atoms with E-state index < -0.39 is 11.9 Å². The third-order valence-electron chi connectivity index (χ3n) is 3.74. The molecule has 2 aromatic carbocycles. The van der Waals surface area contributed by atoms with Crippen LogP contribution in [0.5, 0.6) is 5.75 Å². The Balaban J connectivity index is 1.60. The maximum absolute atomic E-state index is 13.1. The lowest BCUT2D eigenvalue weighted by Crippen LogP contribution is -2.31. The first-order valence-corrected chi connectivity index (χ1v) is 8.05. The molecule has 7 heteroatoms. The Labute approximate surface area is 149 Å². The van der Waals surface area contributed by atoms with Gasteiger partial charge in [-0.15, -0.1) is 0 Å². The van der Waals surface area contributed by atoms with E-state index in [1.54, 1.807) is 18.2 Å². The van der Waals surface area contributed by atoms with E-state index in [9.17, 15) is 14.3 Å². The number of rotatable bonds is 7. The molecule has 26 heavy (non-hydrogen) atoms. The van der Waals surface area contributed by atoms with Gasteiger partial charge in [-0.05, 0) is 23.8 Å². The molecule has 3 N–H and O–H groups in total. The van der Waals surface area contributed by atoms with Crippen LogP contribution >= 0.6 is 0 Å². The Bertz CT molecular complexity index is 867. The third-order valence-corrected chi connectivity index (χ3v) is 3.74. The molecule has 0 radical (unpaired) electrons. The number of aliphatic hydroxyl groups is 1. The van der Waals surface area contributed by atoms with Crippen LogP contribution in [0.1, 0.15) is 27.8 Å². The number of aromatic nitrogens is 2. The highest BCUT2D eigenvalue weighted by atomic mass is 19.1. The van der Waals surface area contributed by atoms with E-state index >= 15 is 0 Å². The summed E-state index contributed by atoms with van der Waals surface area (Å²) in [5.74, 6) is -0.417. The summed E-state index contributed by atoms with van der Waals surface area (Å²) in [4.78, 5) is 12.3. The largest absolute Gasteiger partial charge is 0.487 e. The van der Waals surface area contributed by atoms with Crippen molar-refractivity contribution in [2.75, 3.05) is 6.61 Å². The fraction of sp³-hybridized carbons (Fsp3) is 0.158. The molecule has 3 rings (SSSR count). The number of hydrogen-bond acceptors (Lipinski definition) is 4. The highest BCUT2D eigenvalue weighted by Crippen LogP contribution is 2.15. The van der Waals surface area contributed by atoms with Crippen molar-refractivity contribution in [2.45, 2.75) is 12.6 Å². The van der Waals surface area contributed by atoms with E-state index in [2.05, 4.69) is 15.5 Å². The summed E-state index contributed by atoms with van der Waals surface area (Å²) in [6.07, 6.45) is 0. The number of nitrogens with one attached hydrogen (secondary N) is 2. The summed E-state index contributed by atoms with van der Waals surface area (Å²) >= 11 is 0. The van der Waals surface area contributed by atoms with Crippen molar-refractivity contribution in [2.24, 2.45) is 0 Å². The molecule has 134 valence electrons. The number of halogens is 1. The van der Waals surface area contributed by atoms with Crippen molar-refractivity contribution < 1.29 is 19.0 Å². The minimum absolute atomic E-state index is 0.117. The van der Waals surface area contributed by atoms with Crippen molar-refractivity contribution in [3.8, 4) is 5.75 Å². The van der Waals surface area contributed by atoms with Gasteiger partial charge in [0.2, 0.25) is 0 Å². The molecule has 0 saturated carbocycles. The van der Waals surface area contributed by atoms with Crippen molar-refractivity contribution in [3.63, 3.8) is 0 Å². The molecule has 1 aromatic heterocycles. The smallest absolute Gasteiger partial charge is 0.272 e. The quantitative estimate of drug-likeness (QED) is 0.608. The second kappa shape index (κ2) is 8.26. The molecule has 1 atom stereocenters. The summed E-state index contributed by atoms with van der Waals surface area (Å²) < 4.78 is 18.6. The molecule has 0 aliphatic carbocycles. The van der Waals surface area contributed by atoms with Crippen molar-refractivity contribution in [1.29, 1.82) is 0 Å². The minimum atomic E-state index is -0.521. The molecule has 1 amide bonds. The van der Waals surface area contributed by atoms with Crippen molar-refractivity contribution in [3.05, 3.63) is 83.4 Å². The van der Waals surface area contributed by atoms with Gasteiger partial charge in [-0.3, -0.25) is 9.89 Å². The van der Waals surface area contributed by atoms with Crippen LogP contribution in [0.15, 0.2) is 60.7 Å². The molecule has 6 nitrogen and oxygen atoms in total. The molecule has 0 saturated heterocycles. The number of amides is 1. The number of hydrogen-bond donors (Lipinski definition) is 3. The number of carbonyl (C=O) groups is 1. The van der Waals surface area contributed by atoms with E-state index in [-0.39, 0.29) is 24.7 Å². The van der Waals surface area contributed by atoms with Crippen LogP contribution in [0.25, 0.3) is 0 Å². The summed E-state index contributed by atoms with van der Waals surface area (Å²) in [6, 6.07) is 16.0. The van der Waals surface area contributed by atoms with Crippen LogP contribution in [0.2, 0.25) is 0 Å². The Morgan fingerprint density at radius 1 is 1.19 bits per heavy atom. The van der Waals surface area contributed by atoms with Gasteiger partial charge >= 0.3 is 0 Å². The van der Waals surface area contributed by atoms with Crippen LogP contribution < -0.4 is 10.1 Å². The van der Waals surface area contributed by atoms with Crippen LogP contribution in [0.4, 0.5) is 4.39 Å². The highest BCUT2D eigenvalue weighted by Gasteiger charge is 2.17. The first-order chi connectivity index (χ1) is 12.7. The van der Waals surface area contributed by atoms with Gasteiger partial charge in [0, 0.05) is 6.07 Å². The number of aromatic amines is 1. The zero-order valence-corrected chi connectivity index (χ0v) is 13.9. The van der Waals surface area contributed by atoms with Crippen LogP contribution in [0.3, 0.4) is 0 Å².